The second-order valence-electron chi connectivity index (χ2n) is 8.55. The Morgan fingerprint density at radius 2 is 1.53 bits per heavy atom. The Morgan fingerprint density at radius 1 is 0.816 bits per heavy atom. The Morgan fingerprint density at radius 3 is 2.26 bits per heavy atom. The molecule has 0 aromatic heterocycles. The summed E-state index contributed by atoms with van der Waals surface area (Å²) in [4.78, 5) is 27.2. The van der Waals surface area contributed by atoms with Gasteiger partial charge in [0.05, 0.1) is 0 Å². The zero-order chi connectivity index (χ0) is 26.7. The molecule has 4 rings (SSSR count). The van der Waals surface area contributed by atoms with Crippen LogP contribution < -0.4 is 25.6 Å². The first-order valence-electron chi connectivity index (χ1n) is 12.3. The molecule has 0 aliphatic carbocycles. The quantitative estimate of drug-likeness (QED) is 0.195. The Balaban J connectivity index is 1.40. The summed E-state index contributed by atoms with van der Waals surface area (Å²) in [7, 11) is 0. The van der Waals surface area contributed by atoms with Crippen molar-refractivity contribution in [1.82, 2.24) is 5.32 Å². The molecule has 194 valence electrons. The molecule has 0 spiro atoms. The molecular weight excluding hydrogens is 500 g/mol. The highest BCUT2D eigenvalue weighted by molar-refractivity contribution is 6.30. The number of urea groups is 2. The normalized spacial score (nSPS) is 10.4. The van der Waals surface area contributed by atoms with Crippen LogP contribution in [0.1, 0.15) is 12.0 Å². The molecule has 4 aromatic rings. The number of hydrogen-bond acceptors (Lipinski definition) is 3. The van der Waals surface area contributed by atoms with E-state index in [1.54, 1.807) is 29.2 Å². The van der Waals surface area contributed by atoms with Gasteiger partial charge in [0.25, 0.3) is 0 Å². The zero-order valence-corrected chi connectivity index (χ0v) is 21.7. The molecule has 7 nitrogen and oxygen atoms in total. The van der Waals surface area contributed by atoms with Gasteiger partial charge < -0.3 is 20.7 Å². The third-order valence-corrected chi connectivity index (χ3v) is 5.92. The van der Waals surface area contributed by atoms with Crippen molar-refractivity contribution in [3.05, 3.63) is 114 Å². The maximum Gasteiger partial charge on any atom is 0.326 e. The van der Waals surface area contributed by atoms with Crippen LogP contribution in [0, 0.1) is 6.92 Å². The van der Waals surface area contributed by atoms with Crippen LogP contribution in [0.3, 0.4) is 0 Å². The SMILES string of the molecule is Cc1ccccc1NC(=O)NCCCN(C(=O)Nc1cccc(Cl)c1)c1ccc(Oc2ccccc2)cc1. The summed E-state index contributed by atoms with van der Waals surface area (Å²) in [5, 5.41) is 9.12. The predicted molar refractivity (Wildman–Crippen MR) is 154 cm³/mol. The number of nitrogens with one attached hydrogen (secondary N) is 3. The summed E-state index contributed by atoms with van der Waals surface area (Å²) in [5.41, 5.74) is 3.01. The van der Waals surface area contributed by atoms with Gasteiger partial charge in [-0.1, -0.05) is 54.1 Å². The van der Waals surface area contributed by atoms with Gasteiger partial charge in [-0.15, -0.1) is 0 Å². The van der Waals surface area contributed by atoms with E-state index in [0.717, 1.165) is 17.0 Å². The number of carbonyl (C=O) groups is 2. The number of ether oxygens (including phenoxy) is 1. The molecule has 38 heavy (non-hydrogen) atoms. The third kappa shape index (κ3) is 7.75. The molecule has 8 heteroatoms. The first-order chi connectivity index (χ1) is 18.5. The highest BCUT2D eigenvalue weighted by atomic mass is 35.5. The monoisotopic (exact) mass is 528 g/mol. The maximum atomic E-state index is 13.2. The van der Waals surface area contributed by atoms with E-state index in [2.05, 4.69) is 16.0 Å². The van der Waals surface area contributed by atoms with Crippen molar-refractivity contribution in [3.63, 3.8) is 0 Å². The highest BCUT2D eigenvalue weighted by Crippen LogP contribution is 2.25. The van der Waals surface area contributed by atoms with Crippen molar-refractivity contribution in [2.75, 3.05) is 28.6 Å². The Hall–Kier alpha value is -4.49. The van der Waals surface area contributed by atoms with Crippen molar-refractivity contribution in [1.29, 1.82) is 0 Å². The first kappa shape index (κ1) is 26.6. The number of aryl methyl sites for hydroxylation is 1. The van der Waals surface area contributed by atoms with Gasteiger partial charge in [0.15, 0.2) is 0 Å². The van der Waals surface area contributed by atoms with Gasteiger partial charge in [-0.2, -0.15) is 0 Å². The van der Waals surface area contributed by atoms with Gasteiger partial charge in [0.1, 0.15) is 11.5 Å². The van der Waals surface area contributed by atoms with Crippen molar-refractivity contribution in [3.8, 4) is 11.5 Å². The largest absolute Gasteiger partial charge is 0.457 e. The van der Waals surface area contributed by atoms with Crippen LogP contribution in [0.2, 0.25) is 5.02 Å². The first-order valence-corrected chi connectivity index (χ1v) is 12.6. The molecule has 0 aliphatic rings. The van der Waals surface area contributed by atoms with Crippen LogP contribution in [-0.2, 0) is 0 Å². The van der Waals surface area contributed by atoms with Gasteiger partial charge >= 0.3 is 12.1 Å². The molecule has 0 radical (unpaired) electrons. The van der Waals surface area contributed by atoms with E-state index in [9.17, 15) is 9.59 Å². The van der Waals surface area contributed by atoms with E-state index >= 15 is 0 Å². The van der Waals surface area contributed by atoms with E-state index in [-0.39, 0.29) is 12.1 Å². The summed E-state index contributed by atoms with van der Waals surface area (Å²) >= 11 is 6.08. The second-order valence-corrected chi connectivity index (χ2v) is 8.99. The van der Waals surface area contributed by atoms with Crippen molar-refractivity contribution < 1.29 is 14.3 Å². The number of anilines is 3. The number of hydrogen-bond donors (Lipinski definition) is 3. The van der Waals surface area contributed by atoms with Gasteiger partial charge in [-0.25, -0.2) is 9.59 Å². The smallest absolute Gasteiger partial charge is 0.326 e. The fourth-order valence-electron chi connectivity index (χ4n) is 3.74. The molecule has 0 heterocycles. The average Bonchev–Trinajstić information content (AvgIpc) is 2.91. The van der Waals surface area contributed by atoms with E-state index in [1.807, 2.05) is 85.8 Å². The minimum Gasteiger partial charge on any atom is -0.457 e. The highest BCUT2D eigenvalue weighted by Gasteiger charge is 2.17. The van der Waals surface area contributed by atoms with Crippen LogP contribution in [0.25, 0.3) is 0 Å². The second kappa shape index (κ2) is 13.2. The van der Waals surface area contributed by atoms with Gasteiger partial charge in [-0.05, 0) is 79.6 Å². The van der Waals surface area contributed by atoms with Crippen molar-refractivity contribution >= 4 is 40.7 Å². The minimum absolute atomic E-state index is 0.295. The molecule has 4 aromatic carbocycles. The molecule has 4 amide bonds. The summed E-state index contributed by atoms with van der Waals surface area (Å²) in [6.45, 7) is 2.69. The number of benzene rings is 4. The molecule has 3 N–H and O–H groups in total. The van der Waals surface area contributed by atoms with Gasteiger partial charge in [0.2, 0.25) is 0 Å². The summed E-state index contributed by atoms with van der Waals surface area (Å²) in [5.74, 6) is 1.38. The van der Waals surface area contributed by atoms with Gasteiger partial charge in [-0.3, -0.25) is 4.90 Å². The van der Waals surface area contributed by atoms with E-state index in [0.29, 0.717) is 41.7 Å². The lowest BCUT2D eigenvalue weighted by atomic mass is 10.2. The molecule has 0 atom stereocenters. The van der Waals surface area contributed by atoms with E-state index in [4.69, 9.17) is 16.3 Å². The fraction of sp³-hybridized carbons (Fsp3) is 0.133. The number of para-hydroxylation sites is 2. The van der Waals surface area contributed by atoms with Crippen LogP contribution in [0.15, 0.2) is 103 Å². The number of nitrogens with zero attached hydrogens (tertiary/aromatic N) is 1. The summed E-state index contributed by atoms with van der Waals surface area (Å²) < 4.78 is 5.88. The number of halogens is 1. The van der Waals surface area contributed by atoms with Gasteiger partial charge in [0, 0.05) is 35.2 Å². The summed E-state index contributed by atoms with van der Waals surface area (Å²) in [6, 6.07) is 30.7. The molecule has 0 fully saturated rings. The molecule has 0 bridgehead atoms. The topological polar surface area (TPSA) is 82.7 Å². The standard InChI is InChI=1S/C30H29ClN4O3/c1-22-9-5-6-14-28(22)34-29(36)32-19-8-20-35(30(37)33-24-11-7-10-23(31)21-24)25-15-17-27(18-16-25)38-26-12-3-2-4-13-26/h2-7,9-18,21H,8,19-20H2,1H3,(H,33,37)(H2,32,34,36). The van der Waals surface area contributed by atoms with Crippen LogP contribution in [0.4, 0.5) is 26.7 Å². The Bertz CT molecular complexity index is 1360. The van der Waals surface area contributed by atoms with Crippen molar-refractivity contribution in [2.24, 2.45) is 0 Å². The van der Waals surface area contributed by atoms with E-state index < -0.39 is 0 Å². The van der Waals surface area contributed by atoms with Crippen LogP contribution >= 0.6 is 11.6 Å². The van der Waals surface area contributed by atoms with Crippen LogP contribution in [0.5, 0.6) is 11.5 Å². The molecule has 0 unspecified atom stereocenters. The molecule has 0 aliphatic heterocycles. The minimum atomic E-state index is -0.312. The fourth-order valence-corrected chi connectivity index (χ4v) is 3.93. The predicted octanol–water partition coefficient (Wildman–Crippen LogP) is 7.69. The summed E-state index contributed by atoms with van der Waals surface area (Å²) in [6.07, 6.45) is 0.534. The lowest BCUT2D eigenvalue weighted by molar-refractivity contribution is 0.252. The third-order valence-electron chi connectivity index (χ3n) is 5.69. The number of amides is 4. The lowest BCUT2D eigenvalue weighted by Gasteiger charge is -2.24. The van der Waals surface area contributed by atoms with Crippen LogP contribution in [-0.4, -0.2) is 25.2 Å². The molecule has 0 saturated carbocycles. The Kier molecular flexibility index (Phi) is 9.21. The molecular formula is C30H29ClN4O3. The number of rotatable bonds is 9. The number of carbonyl (C=O) groups excluding carboxylic acids is 2. The average molecular weight is 529 g/mol. The molecule has 0 saturated heterocycles. The maximum absolute atomic E-state index is 13.2. The zero-order valence-electron chi connectivity index (χ0n) is 21.0. The van der Waals surface area contributed by atoms with E-state index in [1.165, 1.54) is 0 Å². The Labute approximate surface area is 227 Å². The van der Waals surface area contributed by atoms with Crippen molar-refractivity contribution in [2.45, 2.75) is 13.3 Å². The lowest BCUT2D eigenvalue weighted by Crippen LogP contribution is -2.38.